The standard InChI is InChI=1S/C15H22N4/c1-11(2)8-16-9-15-10-17-18-19(15)14-6-12(3)5-13(4)7-14/h5-7,10-11,16H,8-9H2,1-4H3. The molecule has 0 spiro atoms. The van der Waals surface area contributed by atoms with E-state index in [1.165, 1.54) is 11.1 Å². The number of nitrogens with zero attached hydrogens (tertiary/aromatic N) is 3. The van der Waals surface area contributed by atoms with Crippen LogP contribution in [0.2, 0.25) is 0 Å². The lowest BCUT2D eigenvalue weighted by Gasteiger charge is -2.10. The lowest BCUT2D eigenvalue weighted by Crippen LogP contribution is -2.20. The van der Waals surface area contributed by atoms with E-state index < -0.39 is 0 Å². The van der Waals surface area contributed by atoms with Gasteiger partial charge in [-0.3, -0.25) is 0 Å². The SMILES string of the molecule is Cc1cc(C)cc(-n2nncc2CNCC(C)C)c1. The van der Waals surface area contributed by atoms with Gasteiger partial charge in [0.2, 0.25) is 0 Å². The molecule has 0 aliphatic carbocycles. The molecule has 0 atom stereocenters. The maximum atomic E-state index is 4.19. The summed E-state index contributed by atoms with van der Waals surface area (Å²) in [7, 11) is 0. The highest BCUT2D eigenvalue weighted by atomic mass is 15.4. The monoisotopic (exact) mass is 258 g/mol. The van der Waals surface area contributed by atoms with Gasteiger partial charge in [-0.05, 0) is 49.6 Å². The van der Waals surface area contributed by atoms with Crippen molar-refractivity contribution in [2.24, 2.45) is 5.92 Å². The Balaban J connectivity index is 2.18. The first kappa shape index (κ1) is 13.7. The van der Waals surface area contributed by atoms with E-state index >= 15 is 0 Å². The summed E-state index contributed by atoms with van der Waals surface area (Å²) in [4.78, 5) is 0. The Bertz CT molecular complexity index is 523. The zero-order chi connectivity index (χ0) is 13.8. The van der Waals surface area contributed by atoms with Crippen molar-refractivity contribution < 1.29 is 0 Å². The van der Waals surface area contributed by atoms with E-state index in [1.54, 1.807) is 0 Å². The molecule has 2 rings (SSSR count). The van der Waals surface area contributed by atoms with Crippen molar-refractivity contribution in [3.63, 3.8) is 0 Å². The molecule has 19 heavy (non-hydrogen) atoms. The second-order valence-electron chi connectivity index (χ2n) is 5.51. The maximum Gasteiger partial charge on any atom is 0.0783 e. The van der Waals surface area contributed by atoms with Gasteiger partial charge in [-0.1, -0.05) is 25.1 Å². The summed E-state index contributed by atoms with van der Waals surface area (Å²) in [6.45, 7) is 10.4. The second-order valence-corrected chi connectivity index (χ2v) is 5.51. The second kappa shape index (κ2) is 5.97. The first-order chi connectivity index (χ1) is 9.06. The number of aromatic nitrogens is 3. The molecule has 1 N–H and O–H groups in total. The lowest BCUT2D eigenvalue weighted by atomic mass is 10.1. The van der Waals surface area contributed by atoms with E-state index in [9.17, 15) is 0 Å². The van der Waals surface area contributed by atoms with Gasteiger partial charge in [0.1, 0.15) is 0 Å². The number of hydrogen-bond donors (Lipinski definition) is 1. The smallest absolute Gasteiger partial charge is 0.0783 e. The van der Waals surface area contributed by atoms with Crippen LogP contribution in [0.15, 0.2) is 24.4 Å². The molecule has 0 fully saturated rings. The van der Waals surface area contributed by atoms with Crippen molar-refractivity contribution in [1.82, 2.24) is 20.3 Å². The van der Waals surface area contributed by atoms with Crippen LogP contribution in [0.1, 0.15) is 30.7 Å². The molecule has 0 amide bonds. The van der Waals surface area contributed by atoms with E-state index in [1.807, 2.05) is 10.9 Å². The summed E-state index contributed by atoms with van der Waals surface area (Å²) in [6.07, 6.45) is 1.82. The van der Waals surface area contributed by atoms with Crippen LogP contribution < -0.4 is 5.32 Å². The minimum atomic E-state index is 0.644. The van der Waals surface area contributed by atoms with Crippen molar-refractivity contribution in [1.29, 1.82) is 0 Å². The Morgan fingerprint density at radius 1 is 1.16 bits per heavy atom. The third kappa shape index (κ3) is 3.64. The molecule has 2 aromatic rings. The van der Waals surface area contributed by atoms with Gasteiger partial charge >= 0.3 is 0 Å². The Labute approximate surface area is 114 Å². The number of hydrogen-bond acceptors (Lipinski definition) is 3. The molecule has 1 aromatic carbocycles. The predicted octanol–water partition coefficient (Wildman–Crippen LogP) is 2.63. The highest BCUT2D eigenvalue weighted by molar-refractivity contribution is 5.39. The van der Waals surface area contributed by atoms with Gasteiger partial charge in [-0.15, -0.1) is 5.10 Å². The highest BCUT2D eigenvalue weighted by Gasteiger charge is 2.07. The fourth-order valence-electron chi connectivity index (χ4n) is 2.16. The number of aryl methyl sites for hydroxylation is 2. The topological polar surface area (TPSA) is 42.7 Å². The van der Waals surface area contributed by atoms with Gasteiger partial charge in [0, 0.05) is 6.54 Å². The van der Waals surface area contributed by atoms with Gasteiger partial charge in [-0.2, -0.15) is 0 Å². The molecule has 0 saturated carbocycles. The average Bonchev–Trinajstić information content (AvgIpc) is 2.75. The van der Waals surface area contributed by atoms with Crippen molar-refractivity contribution >= 4 is 0 Å². The normalized spacial score (nSPS) is 11.2. The Kier molecular flexibility index (Phi) is 4.32. The molecule has 0 bridgehead atoms. The molecule has 0 saturated heterocycles. The molecule has 1 aromatic heterocycles. The Morgan fingerprint density at radius 3 is 2.47 bits per heavy atom. The molecule has 0 aliphatic heterocycles. The first-order valence-electron chi connectivity index (χ1n) is 6.75. The van der Waals surface area contributed by atoms with Crippen LogP contribution in [0.4, 0.5) is 0 Å². The van der Waals surface area contributed by atoms with Gasteiger partial charge in [0.05, 0.1) is 17.6 Å². The van der Waals surface area contributed by atoms with Gasteiger partial charge in [-0.25, -0.2) is 4.68 Å². The molecule has 4 nitrogen and oxygen atoms in total. The number of benzene rings is 1. The van der Waals surface area contributed by atoms with E-state index in [4.69, 9.17) is 0 Å². The maximum absolute atomic E-state index is 4.19. The summed E-state index contributed by atoms with van der Waals surface area (Å²) in [5.74, 6) is 0.644. The molecule has 102 valence electrons. The van der Waals surface area contributed by atoms with Gasteiger partial charge in [0.25, 0.3) is 0 Å². The van der Waals surface area contributed by atoms with E-state index in [0.29, 0.717) is 5.92 Å². The van der Waals surface area contributed by atoms with Crippen molar-refractivity contribution in [3.05, 3.63) is 41.2 Å². The van der Waals surface area contributed by atoms with E-state index in [2.05, 4.69) is 61.5 Å². The summed E-state index contributed by atoms with van der Waals surface area (Å²) < 4.78 is 1.91. The van der Waals surface area contributed by atoms with E-state index in [0.717, 1.165) is 24.5 Å². The molecule has 4 heteroatoms. The fraction of sp³-hybridized carbons (Fsp3) is 0.467. The van der Waals surface area contributed by atoms with Crippen molar-refractivity contribution in [2.45, 2.75) is 34.2 Å². The van der Waals surface area contributed by atoms with Crippen molar-refractivity contribution in [3.8, 4) is 5.69 Å². The molecule has 0 radical (unpaired) electrons. The lowest BCUT2D eigenvalue weighted by molar-refractivity contribution is 0.542. The Hall–Kier alpha value is -1.68. The molecular formula is C15H22N4. The predicted molar refractivity (Wildman–Crippen MR) is 77.4 cm³/mol. The summed E-state index contributed by atoms with van der Waals surface area (Å²) >= 11 is 0. The van der Waals surface area contributed by atoms with Crippen LogP contribution >= 0.6 is 0 Å². The summed E-state index contributed by atoms with van der Waals surface area (Å²) in [6, 6.07) is 6.43. The van der Waals surface area contributed by atoms with Gasteiger partial charge < -0.3 is 5.32 Å². The van der Waals surface area contributed by atoms with Crippen LogP contribution in [-0.4, -0.2) is 21.5 Å². The molecule has 0 aliphatic rings. The van der Waals surface area contributed by atoms with Crippen LogP contribution in [-0.2, 0) is 6.54 Å². The minimum Gasteiger partial charge on any atom is -0.311 e. The average molecular weight is 258 g/mol. The van der Waals surface area contributed by atoms with Crippen LogP contribution in [0.3, 0.4) is 0 Å². The third-order valence-corrected chi connectivity index (χ3v) is 2.93. The number of nitrogens with one attached hydrogen (secondary N) is 1. The highest BCUT2D eigenvalue weighted by Crippen LogP contribution is 2.14. The van der Waals surface area contributed by atoms with Crippen LogP contribution in [0.5, 0.6) is 0 Å². The quantitative estimate of drug-likeness (QED) is 0.896. The zero-order valence-corrected chi connectivity index (χ0v) is 12.1. The minimum absolute atomic E-state index is 0.644. The van der Waals surface area contributed by atoms with Crippen molar-refractivity contribution in [2.75, 3.05) is 6.54 Å². The molecule has 0 unspecified atom stereocenters. The first-order valence-corrected chi connectivity index (χ1v) is 6.75. The third-order valence-electron chi connectivity index (χ3n) is 2.93. The van der Waals surface area contributed by atoms with Crippen LogP contribution in [0.25, 0.3) is 5.69 Å². The molecule has 1 heterocycles. The van der Waals surface area contributed by atoms with Gasteiger partial charge in [0.15, 0.2) is 0 Å². The summed E-state index contributed by atoms with van der Waals surface area (Å²) in [5.41, 5.74) is 4.65. The summed E-state index contributed by atoms with van der Waals surface area (Å²) in [5, 5.41) is 11.6. The Morgan fingerprint density at radius 2 is 1.84 bits per heavy atom. The molecular weight excluding hydrogens is 236 g/mol. The van der Waals surface area contributed by atoms with E-state index in [-0.39, 0.29) is 0 Å². The zero-order valence-electron chi connectivity index (χ0n) is 12.1. The van der Waals surface area contributed by atoms with Crippen LogP contribution in [0, 0.1) is 19.8 Å². The fourth-order valence-corrected chi connectivity index (χ4v) is 2.16. The number of rotatable bonds is 5. The largest absolute Gasteiger partial charge is 0.311 e.